The van der Waals surface area contributed by atoms with E-state index in [1.165, 1.54) is 32.1 Å². The van der Waals surface area contributed by atoms with E-state index in [0.717, 1.165) is 53.5 Å². The van der Waals surface area contributed by atoms with Crippen molar-refractivity contribution in [3.8, 4) is 11.5 Å². The second-order valence-corrected chi connectivity index (χ2v) is 13.0. The first-order valence-electron chi connectivity index (χ1n) is 12.6. The van der Waals surface area contributed by atoms with Gasteiger partial charge in [-0.25, -0.2) is 0 Å². The van der Waals surface area contributed by atoms with E-state index in [4.69, 9.17) is 4.74 Å². The zero-order valence-electron chi connectivity index (χ0n) is 22.2. The van der Waals surface area contributed by atoms with Crippen LogP contribution in [0.3, 0.4) is 0 Å². The molecule has 2 rings (SSSR count). The molecule has 0 saturated carbocycles. The summed E-state index contributed by atoms with van der Waals surface area (Å²) >= 11 is 0. The molecule has 1 aliphatic heterocycles. The Bertz CT molecular complexity index is 744. The molecule has 31 heavy (non-hydrogen) atoms. The van der Waals surface area contributed by atoms with Gasteiger partial charge in [-0.1, -0.05) is 61.3 Å². The molecule has 0 fully saturated rings. The number of phenols is 1. The molecular weight excluding hydrogens is 380 g/mol. The highest BCUT2D eigenvalue weighted by Crippen LogP contribution is 2.45. The molecule has 178 valence electrons. The SMILES string of the molecule is Cc1c(O)cc2c(c1C)O[C@](C)(CC(C)(C)CC[C@H](C)CC(C)(C)CCC(C)C)CC2. The smallest absolute Gasteiger partial charge is 0.126 e. The van der Waals surface area contributed by atoms with Crippen molar-refractivity contribution in [3.63, 3.8) is 0 Å². The van der Waals surface area contributed by atoms with Crippen molar-refractivity contribution in [3.05, 3.63) is 22.8 Å². The van der Waals surface area contributed by atoms with Gasteiger partial charge in [0.1, 0.15) is 17.1 Å². The van der Waals surface area contributed by atoms with Crippen LogP contribution in [-0.2, 0) is 6.42 Å². The topological polar surface area (TPSA) is 29.5 Å². The highest BCUT2D eigenvalue weighted by atomic mass is 16.5. The molecule has 0 unspecified atom stereocenters. The number of aromatic hydroxyl groups is 1. The minimum absolute atomic E-state index is 0.134. The molecule has 0 aromatic heterocycles. The average molecular weight is 431 g/mol. The summed E-state index contributed by atoms with van der Waals surface area (Å²) in [6.45, 7) is 23.2. The minimum Gasteiger partial charge on any atom is -0.508 e. The molecule has 0 amide bonds. The van der Waals surface area contributed by atoms with Crippen molar-refractivity contribution < 1.29 is 9.84 Å². The molecule has 1 aliphatic rings. The average Bonchev–Trinajstić information content (AvgIpc) is 2.63. The van der Waals surface area contributed by atoms with Crippen LogP contribution in [-0.4, -0.2) is 10.7 Å². The quantitative estimate of drug-likeness (QED) is 0.402. The fourth-order valence-corrected chi connectivity index (χ4v) is 5.66. The lowest BCUT2D eigenvalue weighted by Crippen LogP contribution is -2.41. The van der Waals surface area contributed by atoms with Crippen molar-refractivity contribution in [2.75, 3.05) is 0 Å². The Balaban J connectivity index is 1.95. The molecule has 1 aromatic rings. The van der Waals surface area contributed by atoms with E-state index in [1.807, 2.05) is 13.0 Å². The minimum atomic E-state index is -0.134. The molecule has 1 N–H and O–H groups in total. The van der Waals surface area contributed by atoms with E-state index in [0.29, 0.717) is 11.2 Å². The summed E-state index contributed by atoms with van der Waals surface area (Å²) in [5.41, 5.74) is 3.75. The summed E-state index contributed by atoms with van der Waals surface area (Å²) in [5, 5.41) is 10.2. The Morgan fingerprint density at radius 2 is 1.61 bits per heavy atom. The second-order valence-electron chi connectivity index (χ2n) is 13.0. The summed E-state index contributed by atoms with van der Waals surface area (Å²) in [5.74, 6) is 2.97. The van der Waals surface area contributed by atoms with Crippen LogP contribution in [0, 0.1) is 36.5 Å². The zero-order valence-corrected chi connectivity index (χ0v) is 22.2. The van der Waals surface area contributed by atoms with Crippen LogP contribution < -0.4 is 4.74 Å². The summed E-state index contributed by atoms with van der Waals surface area (Å²) in [6.07, 6.45) is 9.59. The number of fused-ring (bicyclic) bond motifs is 1. The Kier molecular flexibility index (Phi) is 8.20. The van der Waals surface area contributed by atoms with Crippen LogP contribution in [0.1, 0.15) is 117 Å². The number of aryl methyl sites for hydroxylation is 1. The first-order chi connectivity index (χ1) is 14.1. The van der Waals surface area contributed by atoms with Crippen LogP contribution in [0.5, 0.6) is 11.5 Å². The Labute approximate surface area is 193 Å². The third-order valence-corrected chi connectivity index (χ3v) is 7.63. The lowest BCUT2D eigenvalue weighted by Gasteiger charge is -2.42. The van der Waals surface area contributed by atoms with E-state index in [-0.39, 0.29) is 11.0 Å². The molecule has 2 heteroatoms. The highest BCUT2D eigenvalue weighted by molar-refractivity contribution is 5.53. The van der Waals surface area contributed by atoms with Crippen molar-refractivity contribution in [2.45, 2.75) is 126 Å². The monoisotopic (exact) mass is 430 g/mol. The summed E-state index contributed by atoms with van der Waals surface area (Å²) in [6, 6.07) is 1.91. The van der Waals surface area contributed by atoms with Crippen molar-refractivity contribution >= 4 is 0 Å². The fraction of sp³-hybridized carbons (Fsp3) is 0.793. The Morgan fingerprint density at radius 3 is 2.23 bits per heavy atom. The first kappa shape index (κ1) is 26.1. The number of ether oxygens (including phenoxy) is 1. The van der Waals surface area contributed by atoms with Crippen LogP contribution in [0.2, 0.25) is 0 Å². The van der Waals surface area contributed by atoms with Gasteiger partial charge < -0.3 is 9.84 Å². The number of hydrogen-bond donors (Lipinski definition) is 1. The Morgan fingerprint density at radius 1 is 1.00 bits per heavy atom. The molecule has 0 saturated heterocycles. The zero-order chi connectivity index (χ0) is 23.6. The molecule has 0 aliphatic carbocycles. The van der Waals surface area contributed by atoms with Gasteiger partial charge in [0.15, 0.2) is 0 Å². The maximum atomic E-state index is 10.2. The molecule has 1 aromatic carbocycles. The van der Waals surface area contributed by atoms with E-state index in [9.17, 15) is 5.11 Å². The maximum absolute atomic E-state index is 10.2. The normalized spacial score (nSPS) is 20.5. The number of phenolic OH excluding ortho intramolecular Hbond substituents is 1. The number of benzene rings is 1. The summed E-state index contributed by atoms with van der Waals surface area (Å²) in [7, 11) is 0. The van der Waals surface area contributed by atoms with E-state index in [1.54, 1.807) is 0 Å². The molecule has 0 spiro atoms. The third kappa shape index (κ3) is 7.43. The van der Waals surface area contributed by atoms with E-state index in [2.05, 4.69) is 62.3 Å². The molecule has 2 nitrogen and oxygen atoms in total. The Hall–Kier alpha value is -1.18. The van der Waals surface area contributed by atoms with Crippen molar-refractivity contribution in [2.24, 2.45) is 22.7 Å². The second kappa shape index (κ2) is 9.75. The van der Waals surface area contributed by atoms with Gasteiger partial charge in [-0.3, -0.25) is 0 Å². The number of hydrogen-bond acceptors (Lipinski definition) is 2. The number of rotatable bonds is 10. The standard InChI is InChI=1S/C29H50O2/c1-20(2)11-14-27(6,7)18-21(3)12-15-28(8,9)19-29(10)16-13-24-17-25(30)22(4)23(5)26(24)31-29/h17,20-21,30H,11-16,18-19H2,1-10H3/t21-,29-/m0/s1. The van der Waals surface area contributed by atoms with Gasteiger partial charge in [-0.05, 0) is 105 Å². The van der Waals surface area contributed by atoms with Crippen LogP contribution >= 0.6 is 0 Å². The van der Waals surface area contributed by atoms with E-state index < -0.39 is 0 Å². The molecule has 1 heterocycles. The predicted molar refractivity (Wildman–Crippen MR) is 134 cm³/mol. The van der Waals surface area contributed by atoms with Gasteiger partial charge in [0.05, 0.1) is 0 Å². The lowest BCUT2D eigenvalue weighted by atomic mass is 9.72. The largest absolute Gasteiger partial charge is 0.508 e. The summed E-state index contributed by atoms with van der Waals surface area (Å²) in [4.78, 5) is 0. The van der Waals surface area contributed by atoms with Crippen molar-refractivity contribution in [1.82, 2.24) is 0 Å². The van der Waals surface area contributed by atoms with Crippen LogP contribution in [0.15, 0.2) is 6.07 Å². The third-order valence-electron chi connectivity index (χ3n) is 7.63. The first-order valence-corrected chi connectivity index (χ1v) is 12.6. The van der Waals surface area contributed by atoms with Crippen LogP contribution in [0.25, 0.3) is 0 Å². The van der Waals surface area contributed by atoms with Gasteiger partial charge in [-0.2, -0.15) is 0 Å². The predicted octanol–water partition coefficient (Wildman–Crippen LogP) is 8.78. The van der Waals surface area contributed by atoms with Crippen LogP contribution in [0.4, 0.5) is 0 Å². The molecule has 2 atom stereocenters. The lowest BCUT2D eigenvalue weighted by molar-refractivity contribution is 0.0153. The van der Waals surface area contributed by atoms with Gasteiger partial charge >= 0.3 is 0 Å². The maximum Gasteiger partial charge on any atom is 0.126 e. The van der Waals surface area contributed by atoms with Gasteiger partial charge in [0.25, 0.3) is 0 Å². The molecular formula is C29H50O2. The van der Waals surface area contributed by atoms with E-state index >= 15 is 0 Å². The highest BCUT2D eigenvalue weighted by Gasteiger charge is 2.38. The summed E-state index contributed by atoms with van der Waals surface area (Å²) < 4.78 is 6.65. The molecule has 0 radical (unpaired) electrons. The van der Waals surface area contributed by atoms with Gasteiger partial charge in [0.2, 0.25) is 0 Å². The van der Waals surface area contributed by atoms with Gasteiger partial charge in [-0.15, -0.1) is 0 Å². The van der Waals surface area contributed by atoms with Crippen molar-refractivity contribution in [1.29, 1.82) is 0 Å². The fourth-order valence-electron chi connectivity index (χ4n) is 5.66. The molecule has 0 bridgehead atoms. The van der Waals surface area contributed by atoms with Gasteiger partial charge in [0, 0.05) is 0 Å².